The molecule has 5 nitrogen and oxygen atoms in total. The third kappa shape index (κ3) is 2.52. The van der Waals surface area contributed by atoms with Crippen molar-refractivity contribution in [2.75, 3.05) is 20.4 Å². The van der Waals surface area contributed by atoms with Gasteiger partial charge < -0.3 is 19.5 Å². The lowest BCUT2D eigenvalue weighted by Crippen LogP contribution is -2.14. The van der Waals surface area contributed by atoms with Gasteiger partial charge in [-0.2, -0.15) is 5.26 Å². The summed E-state index contributed by atoms with van der Waals surface area (Å²) in [6.45, 7) is 1.56. The van der Waals surface area contributed by atoms with Gasteiger partial charge in [0.25, 0.3) is 0 Å². The van der Waals surface area contributed by atoms with Gasteiger partial charge in [0.15, 0.2) is 11.5 Å². The molecule has 0 bridgehead atoms. The Bertz CT molecular complexity index is 547. The maximum absolute atomic E-state index is 8.85. The van der Waals surface area contributed by atoms with Crippen LogP contribution in [0.3, 0.4) is 0 Å². The highest BCUT2D eigenvalue weighted by molar-refractivity contribution is 5.51. The molecule has 1 aromatic carbocycles. The van der Waals surface area contributed by atoms with E-state index in [1.165, 1.54) is 0 Å². The second-order valence-corrected chi connectivity index (χ2v) is 5.47. The van der Waals surface area contributed by atoms with Gasteiger partial charge in [-0.25, -0.2) is 0 Å². The van der Waals surface area contributed by atoms with Gasteiger partial charge in [0.05, 0.1) is 12.7 Å². The molecule has 5 heteroatoms. The third-order valence-electron chi connectivity index (χ3n) is 3.87. The van der Waals surface area contributed by atoms with Gasteiger partial charge in [0.1, 0.15) is 5.75 Å². The standard InChI is InChI=1S/C15H18N2O3/c1-17-8-11-6-13-14(20-10-19-13)7-12(11)18-9-15(2-3-15)4-5-16/h6-7,17H,2-4,8-10H2,1H3. The number of nitrogens with zero attached hydrogens (tertiary/aromatic N) is 1. The maximum atomic E-state index is 8.85. The quantitative estimate of drug-likeness (QED) is 0.861. The van der Waals surface area contributed by atoms with E-state index in [9.17, 15) is 0 Å². The second kappa shape index (κ2) is 5.22. The molecular weight excluding hydrogens is 256 g/mol. The number of rotatable bonds is 6. The van der Waals surface area contributed by atoms with Crippen LogP contribution in [0.1, 0.15) is 24.8 Å². The Morgan fingerprint density at radius 3 is 2.75 bits per heavy atom. The average molecular weight is 274 g/mol. The Labute approximate surface area is 118 Å². The van der Waals surface area contributed by atoms with Crippen molar-refractivity contribution in [2.45, 2.75) is 25.8 Å². The van der Waals surface area contributed by atoms with Crippen molar-refractivity contribution in [2.24, 2.45) is 5.41 Å². The van der Waals surface area contributed by atoms with Crippen molar-refractivity contribution in [1.29, 1.82) is 5.26 Å². The monoisotopic (exact) mass is 274 g/mol. The zero-order valence-electron chi connectivity index (χ0n) is 11.6. The van der Waals surface area contributed by atoms with Gasteiger partial charge in [0.2, 0.25) is 6.79 Å². The van der Waals surface area contributed by atoms with E-state index in [0.717, 1.165) is 35.7 Å². The Balaban J connectivity index is 1.76. The molecule has 1 aliphatic carbocycles. The second-order valence-electron chi connectivity index (χ2n) is 5.47. The maximum Gasteiger partial charge on any atom is 0.231 e. The largest absolute Gasteiger partial charge is 0.492 e. The highest BCUT2D eigenvalue weighted by Crippen LogP contribution is 2.49. The van der Waals surface area contributed by atoms with E-state index in [1.54, 1.807) is 0 Å². The summed E-state index contributed by atoms with van der Waals surface area (Å²) in [5, 5.41) is 12.0. The van der Waals surface area contributed by atoms with Crippen molar-refractivity contribution in [3.8, 4) is 23.3 Å². The number of benzene rings is 1. The molecule has 1 fully saturated rings. The summed E-state index contributed by atoms with van der Waals surface area (Å²) in [6, 6.07) is 6.09. The van der Waals surface area contributed by atoms with Crippen LogP contribution in [-0.4, -0.2) is 20.4 Å². The Kier molecular flexibility index (Phi) is 3.41. The number of hydrogen-bond donors (Lipinski definition) is 1. The first-order valence-corrected chi connectivity index (χ1v) is 6.83. The summed E-state index contributed by atoms with van der Waals surface area (Å²) in [7, 11) is 1.90. The first-order valence-electron chi connectivity index (χ1n) is 6.83. The van der Waals surface area contributed by atoms with Gasteiger partial charge in [-0.1, -0.05) is 0 Å². The average Bonchev–Trinajstić information content (AvgIpc) is 3.05. The van der Waals surface area contributed by atoms with E-state index in [2.05, 4.69) is 11.4 Å². The number of fused-ring (bicyclic) bond motifs is 1. The lowest BCUT2D eigenvalue weighted by Gasteiger charge is -2.16. The SMILES string of the molecule is CNCc1cc2c(cc1OCC1(CC#N)CC1)OCO2. The number of nitriles is 1. The van der Waals surface area contributed by atoms with Gasteiger partial charge in [-0.15, -0.1) is 0 Å². The Morgan fingerprint density at radius 1 is 1.35 bits per heavy atom. The molecule has 1 aliphatic heterocycles. The van der Waals surface area contributed by atoms with E-state index in [1.807, 2.05) is 19.2 Å². The molecule has 20 heavy (non-hydrogen) atoms. The molecule has 1 N–H and O–H groups in total. The predicted octanol–water partition coefficient (Wildman–Crippen LogP) is 2.21. The fourth-order valence-corrected chi connectivity index (χ4v) is 2.38. The summed E-state index contributed by atoms with van der Waals surface area (Å²) in [4.78, 5) is 0. The van der Waals surface area contributed by atoms with Crippen LogP contribution in [0.25, 0.3) is 0 Å². The normalized spacial score (nSPS) is 17.6. The van der Waals surface area contributed by atoms with Gasteiger partial charge in [-0.3, -0.25) is 0 Å². The first kappa shape index (κ1) is 13.1. The number of hydrogen-bond acceptors (Lipinski definition) is 5. The molecule has 0 unspecified atom stereocenters. The van der Waals surface area contributed by atoms with Crippen LogP contribution in [0, 0.1) is 16.7 Å². The first-order chi connectivity index (χ1) is 9.76. The summed E-state index contributed by atoms with van der Waals surface area (Å²) in [6.07, 6.45) is 2.72. The fourth-order valence-electron chi connectivity index (χ4n) is 2.38. The molecule has 0 radical (unpaired) electrons. The van der Waals surface area contributed by atoms with Crippen LogP contribution < -0.4 is 19.5 Å². The lowest BCUT2D eigenvalue weighted by molar-refractivity contribution is 0.173. The van der Waals surface area contributed by atoms with Gasteiger partial charge >= 0.3 is 0 Å². The molecule has 106 valence electrons. The molecule has 3 rings (SSSR count). The molecule has 0 saturated heterocycles. The molecule has 0 aromatic heterocycles. The van der Waals surface area contributed by atoms with Crippen LogP contribution in [-0.2, 0) is 6.54 Å². The predicted molar refractivity (Wildman–Crippen MR) is 72.7 cm³/mol. The van der Waals surface area contributed by atoms with Gasteiger partial charge in [-0.05, 0) is 26.0 Å². The Hall–Kier alpha value is -1.93. The minimum absolute atomic E-state index is 0.0715. The zero-order valence-corrected chi connectivity index (χ0v) is 11.6. The third-order valence-corrected chi connectivity index (χ3v) is 3.87. The van der Waals surface area contributed by atoms with E-state index in [-0.39, 0.29) is 12.2 Å². The van der Waals surface area contributed by atoms with Crippen LogP contribution in [0.15, 0.2) is 12.1 Å². The van der Waals surface area contributed by atoms with E-state index in [4.69, 9.17) is 19.5 Å². The number of ether oxygens (including phenoxy) is 3. The highest BCUT2D eigenvalue weighted by atomic mass is 16.7. The molecule has 1 heterocycles. The summed E-state index contributed by atoms with van der Waals surface area (Å²) < 4.78 is 16.7. The highest BCUT2D eigenvalue weighted by Gasteiger charge is 2.43. The summed E-state index contributed by atoms with van der Waals surface area (Å²) >= 11 is 0. The fraction of sp³-hybridized carbons (Fsp3) is 0.533. The topological polar surface area (TPSA) is 63.5 Å². The molecular formula is C15H18N2O3. The summed E-state index contributed by atoms with van der Waals surface area (Å²) in [5.74, 6) is 2.30. The van der Waals surface area contributed by atoms with Crippen molar-refractivity contribution in [3.63, 3.8) is 0 Å². The lowest BCUT2D eigenvalue weighted by atomic mass is 10.1. The van der Waals surface area contributed by atoms with E-state index < -0.39 is 0 Å². The summed E-state index contributed by atoms with van der Waals surface area (Å²) in [5.41, 5.74) is 1.12. The minimum atomic E-state index is 0.0715. The van der Waals surface area contributed by atoms with Crippen molar-refractivity contribution in [3.05, 3.63) is 17.7 Å². The molecule has 1 saturated carbocycles. The molecule has 2 aliphatic rings. The zero-order chi connectivity index (χ0) is 14.0. The Morgan fingerprint density at radius 2 is 2.10 bits per heavy atom. The molecule has 0 amide bonds. The number of nitrogens with one attached hydrogen (secondary N) is 1. The van der Waals surface area contributed by atoms with E-state index >= 15 is 0 Å². The van der Waals surface area contributed by atoms with Gasteiger partial charge in [0, 0.05) is 30.0 Å². The van der Waals surface area contributed by atoms with Crippen LogP contribution in [0.4, 0.5) is 0 Å². The van der Waals surface area contributed by atoms with E-state index in [0.29, 0.717) is 19.6 Å². The van der Waals surface area contributed by atoms with Crippen molar-refractivity contribution in [1.82, 2.24) is 5.32 Å². The molecule has 0 atom stereocenters. The van der Waals surface area contributed by atoms with Crippen LogP contribution in [0.5, 0.6) is 17.2 Å². The molecule has 1 aromatic rings. The minimum Gasteiger partial charge on any atom is -0.492 e. The smallest absolute Gasteiger partial charge is 0.231 e. The van der Waals surface area contributed by atoms with Crippen LogP contribution in [0.2, 0.25) is 0 Å². The molecule has 0 spiro atoms. The van der Waals surface area contributed by atoms with Crippen molar-refractivity contribution < 1.29 is 14.2 Å². The van der Waals surface area contributed by atoms with Crippen LogP contribution >= 0.6 is 0 Å². The van der Waals surface area contributed by atoms with Crippen molar-refractivity contribution >= 4 is 0 Å².